The van der Waals surface area contributed by atoms with Gasteiger partial charge in [0.1, 0.15) is 0 Å². The molecule has 0 spiro atoms. The highest BCUT2D eigenvalue weighted by atomic mass is 16.2. The van der Waals surface area contributed by atoms with Gasteiger partial charge in [0, 0.05) is 31.1 Å². The fraction of sp³-hybridized carbons (Fsp3) is 0.905. The van der Waals surface area contributed by atoms with Gasteiger partial charge in [-0.25, -0.2) is 0 Å². The van der Waals surface area contributed by atoms with Crippen molar-refractivity contribution in [1.29, 1.82) is 0 Å². The molecule has 3 fully saturated rings. The van der Waals surface area contributed by atoms with Crippen molar-refractivity contribution in [1.82, 2.24) is 15.1 Å². The molecule has 26 heavy (non-hydrogen) atoms. The van der Waals surface area contributed by atoms with Gasteiger partial charge >= 0.3 is 0 Å². The standard InChI is InChI=1S/C21H37N3O2/c1-2-19-10-6-7-13-24(19)16-20(25)22-18-11-14-23(15-12-18)21(26)17-8-4-3-5-9-17/h17-19H,2-16H2,1H3,(H,22,25). The van der Waals surface area contributed by atoms with Gasteiger partial charge in [-0.2, -0.15) is 0 Å². The van der Waals surface area contributed by atoms with Crippen molar-refractivity contribution in [2.24, 2.45) is 5.92 Å². The lowest BCUT2D eigenvalue weighted by molar-refractivity contribution is -0.137. The molecule has 5 heteroatoms. The minimum Gasteiger partial charge on any atom is -0.352 e. The van der Waals surface area contributed by atoms with Gasteiger partial charge in [0.15, 0.2) is 0 Å². The Bertz CT molecular complexity index is 468. The van der Waals surface area contributed by atoms with E-state index in [9.17, 15) is 9.59 Å². The van der Waals surface area contributed by atoms with E-state index in [1.165, 1.54) is 38.5 Å². The van der Waals surface area contributed by atoms with E-state index in [0.29, 0.717) is 18.5 Å². The second-order valence-corrected chi connectivity index (χ2v) is 8.53. The van der Waals surface area contributed by atoms with Gasteiger partial charge in [0.25, 0.3) is 0 Å². The Morgan fingerprint density at radius 3 is 2.27 bits per heavy atom. The number of hydrogen-bond acceptors (Lipinski definition) is 3. The normalized spacial score (nSPS) is 26.7. The lowest BCUT2D eigenvalue weighted by Crippen LogP contribution is -2.51. The summed E-state index contributed by atoms with van der Waals surface area (Å²) in [5.41, 5.74) is 0. The van der Waals surface area contributed by atoms with Gasteiger partial charge in [-0.05, 0) is 51.5 Å². The molecule has 1 aliphatic carbocycles. The van der Waals surface area contributed by atoms with E-state index in [1.807, 2.05) is 0 Å². The van der Waals surface area contributed by atoms with E-state index in [2.05, 4.69) is 22.0 Å². The Hall–Kier alpha value is -1.10. The highest BCUT2D eigenvalue weighted by Gasteiger charge is 2.30. The smallest absolute Gasteiger partial charge is 0.234 e. The summed E-state index contributed by atoms with van der Waals surface area (Å²) in [6.07, 6.45) is 12.5. The summed E-state index contributed by atoms with van der Waals surface area (Å²) in [6, 6.07) is 0.812. The number of amides is 2. The molecular weight excluding hydrogens is 326 g/mol. The van der Waals surface area contributed by atoms with Gasteiger partial charge in [-0.3, -0.25) is 14.5 Å². The first-order valence-corrected chi connectivity index (χ1v) is 11.0. The highest BCUT2D eigenvalue weighted by molar-refractivity contribution is 5.79. The van der Waals surface area contributed by atoms with Crippen LogP contribution in [-0.2, 0) is 9.59 Å². The van der Waals surface area contributed by atoms with Crippen LogP contribution >= 0.6 is 0 Å². The summed E-state index contributed by atoms with van der Waals surface area (Å²) in [7, 11) is 0. The second kappa shape index (κ2) is 9.72. The molecule has 1 saturated carbocycles. The summed E-state index contributed by atoms with van der Waals surface area (Å²) in [5, 5.41) is 3.23. The zero-order chi connectivity index (χ0) is 18.4. The molecule has 0 bridgehead atoms. The molecule has 1 atom stereocenters. The zero-order valence-corrected chi connectivity index (χ0v) is 16.5. The van der Waals surface area contributed by atoms with Gasteiger partial charge in [-0.1, -0.05) is 32.6 Å². The number of rotatable bonds is 5. The third kappa shape index (κ3) is 5.21. The molecule has 2 aliphatic heterocycles. The fourth-order valence-corrected chi connectivity index (χ4v) is 5.04. The second-order valence-electron chi connectivity index (χ2n) is 8.53. The SMILES string of the molecule is CCC1CCCCN1CC(=O)NC1CCN(C(=O)C2CCCCC2)CC1. The lowest BCUT2D eigenvalue weighted by Gasteiger charge is -2.37. The maximum Gasteiger partial charge on any atom is 0.234 e. The van der Waals surface area contributed by atoms with Crippen LogP contribution in [0.25, 0.3) is 0 Å². The summed E-state index contributed by atoms with van der Waals surface area (Å²) in [6.45, 7) is 5.43. The van der Waals surface area contributed by atoms with Crippen molar-refractivity contribution in [2.75, 3.05) is 26.2 Å². The summed E-state index contributed by atoms with van der Waals surface area (Å²) in [4.78, 5) is 29.5. The van der Waals surface area contributed by atoms with Crippen molar-refractivity contribution in [2.45, 2.75) is 89.6 Å². The fourth-order valence-electron chi connectivity index (χ4n) is 5.04. The van der Waals surface area contributed by atoms with Gasteiger partial charge in [0.2, 0.25) is 11.8 Å². The van der Waals surface area contributed by atoms with Crippen LogP contribution in [0.3, 0.4) is 0 Å². The molecule has 0 aromatic carbocycles. The Kier molecular flexibility index (Phi) is 7.35. The summed E-state index contributed by atoms with van der Waals surface area (Å²) in [5.74, 6) is 0.802. The molecule has 2 heterocycles. The van der Waals surface area contributed by atoms with Crippen LogP contribution in [0.1, 0.15) is 77.6 Å². The average Bonchev–Trinajstić information content (AvgIpc) is 2.69. The topological polar surface area (TPSA) is 52.7 Å². The summed E-state index contributed by atoms with van der Waals surface area (Å²) >= 11 is 0. The third-order valence-corrected chi connectivity index (χ3v) is 6.69. The molecule has 148 valence electrons. The van der Waals surface area contributed by atoms with E-state index in [4.69, 9.17) is 0 Å². The summed E-state index contributed by atoms with van der Waals surface area (Å²) < 4.78 is 0. The first-order valence-electron chi connectivity index (χ1n) is 11.0. The van der Waals surface area contributed by atoms with Crippen LogP contribution in [0.2, 0.25) is 0 Å². The van der Waals surface area contributed by atoms with Crippen molar-refractivity contribution in [3.05, 3.63) is 0 Å². The predicted molar refractivity (Wildman–Crippen MR) is 104 cm³/mol. The van der Waals surface area contributed by atoms with Gasteiger partial charge in [-0.15, -0.1) is 0 Å². The number of nitrogens with zero attached hydrogens (tertiary/aromatic N) is 2. The molecule has 0 aromatic rings. The number of carbonyl (C=O) groups is 2. The van der Waals surface area contributed by atoms with Crippen LogP contribution < -0.4 is 5.32 Å². The third-order valence-electron chi connectivity index (χ3n) is 6.69. The predicted octanol–water partition coefficient (Wildman–Crippen LogP) is 2.94. The minimum atomic E-state index is 0.169. The number of nitrogens with one attached hydrogen (secondary N) is 1. The molecule has 0 aromatic heterocycles. The van der Waals surface area contributed by atoms with Crippen LogP contribution in [-0.4, -0.2) is 59.9 Å². The Morgan fingerprint density at radius 1 is 0.885 bits per heavy atom. The van der Waals surface area contributed by atoms with Crippen LogP contribution in [0, 0.1) is 5.92 Å². The average molecular weight is 364 g/mol. The van der Waals surface area contributed by atoms with E-state index in [-0.39, 0.29) is 17.9 Å². The van der Waals surface area contributed by atoms with E-state index >= 15 is 0 Å². The van der Waals surface area contributed by atoms with Crippen molar-refractivity contribution in [3.8, 4) is 0 Å². The molecule has 2 saturated heterocycles. The maximum atomic E-state index is 12.6. The largest absolute Gasteiger partial charge is 0.352 e. The van der Waals surface area contributed by atoms with Crippen molar-refractivity contribution in [3.63, 3.8) is 0 Å². The Labute approximate surface area is 158 Å². The molecule has 3 aliphatic rings. The monoisotopic (exact) mass is 363 g/mol. The minimum absolute atomic E-state index is 0.169. The zero-order valence-electron chi connectivity index (χ0n) is 16.5. The molecule has 5 nitrogen and oxygen atoms in total. The molecule has 1 N–H and O–H groups in total. The number of piperidine rings is 2. The number of carbonyl (C=O) groups excluding carboxylic acids is 2. The van der Waals surface area contributed by atoms with E-state index in [1.54, 1.807) is 0 Å². The van der Waals surface area contributed by atoms with Crippen LogP contribution in [0.5, 0.6) is 0 Å². The van der Waals surface area contributed by atoms with Crippen molar-refractivity contribution >= 4 is 11.8 Å². The van der Waals surface area contributed by atoms with Crippen LogP contribution in [0.4, 0.5) is 0 Å². The number of likely N-dealkylation sites (tertiary alicyclic amines) is 2. The lowest BCUT2D eigenvalue weighted by atomic mass is 9.87. The molecule has 1 unspecified atom stereocenters. The van der Waals surface area contributed by atoms with E-state index in [0.717, 1.165) is 51.7 Å². The maximum absolute atomic E-state index is 12.6. The quantitative estimate of drug-likeness (QED) is 0.817. The van der Waals surface area contributed by atoms with Gasteiger partial charge in [0.05, 0.1) is 6.54 Å². The first-order chi connectivity index (χ1) is 12.7. The van der Waals surface area contributed by atoms with Crippen molar-refractivity contribution < 1.29 is 9.59 Å². The molecule has 3 rings (SSSR count). The highest BCUT2D eigenvalue weighted by Crippen LogP contribution is 2.26. The van der Waals surface area contributed by atoms with Crippen LogP contribution in [0.15, 0.2) is 0 Å². The molecule has 0 radical (unpaired) electrons. The first kappa shape index (κ1) is 19.7. The van der Waals surface area contributed by atoms with Gasteiger partial charge < -0.3 is 10.2 Å². The molecule has 2 amide bonds. The Balaban J connectivity index is 1.39. The Morgan fingerprint density at radius 2 is 1.58 bits per heavy atom. The van der Waals surface area contributed by atoms with E-state index < -0.39 is 0 Å². The molecular formula is C21H37N3O2. The number of hydrogen-bond donors (Lipinski definition) is 1.